The Morgan fingerprint density at radius 3 is 2.87 bits per heavy atom. The molecule has 1 N–H and O–H groups in total. The van der Waals surface area contributed by atoms with Gasteiger partial charge < -0.3 is 5.32 Å². The van der Waals surface area contributed by atoms with E-state index in [0.29, 0.717) is 16.7 Å². The van der Waals surface area contributed by atoms with E-state index in [2.05, 4.69) is 30.6 Å². The summed E-state index contributed by atoms with van der Waals surface area (Å²) in [5.74, 6) is 0.501. The first-order valence-electron chi connectivity index (χ1n) is 9.38. The molecule has 158 valence electrons. The molecule has 13 heteroatoms. The minimum atomic E-state index is -4.44. The van der Waals surface area contributed by atoms with Crippen molar-refractivity contribution in [1.82, 2.24) is 39.1 Å². The zero-order valence-corrected chi connectivity index (χ0v) is 16.8. The zero-order chi connectivity index (χ0) is 21.3. The summed E-state index contributed by atoms with van der Waals surface area (Å²) in [4.78, 5) is 9.65. The fraction of sp³-hybridized carbons (Fsp3) is 0.278. The van der Waals surface area contributed by atoms with Gasteiger partial charge in [-0.05, 0) is 11.4 Å². The summed E-state index contributed by atoms with van der Waals surface area (Å²) in [7, 11) is 1.76. The first-order valence-corrected chi connectivity index (χ1v) is 10.3. The van der Waals surface area contributed by atoms with Crippen LogP contribution in [0.15, 0.2) is 36.1 Å². The molecule has 0 saturated heterocycles. The van der Waals surface area contributed by atoms with Gasteiger partial charge in [-0.25, -0.2) is 19.2 Å². The number of anilines is 1. The lowest BCUT2D eigenvalue weighted by Gasteiger charge is -2.32. The van der Waals surface area contributed by atoms with Crippen molar-refractivity contribution < 1.29 is 13.2 Å². The van der Waals surface area contributed by atoms with Crippen LogP contribution in [-0.4, -0.2) is 45.3 Å². The fourth-order valence-electron chi connectivity index (χ4n) is 3.91. The lowest BCUT2D eigenvalue weighted by molar-refractivity contribution is -0.173. The number of hydrogen-bond acceptors (Lipinski definition) is 7. The van der Waals surface area contributed by atoms with Gasteiger partial charge in [0.25, 0.3) is 0 Å². The second kappa shape index (κ2) is 6.26. The summed E-state index contributed by atoms with van der Waals surface area (Å²) < 4.78 is 45.6. The predicted octanol–water partition coefficient (Wildman–Crippen LogP) is 3.60. The zero-order valence-electron chi connectivity index (χ0n) is 15.9. The molecule has 0 saturated carbocycles. The Balaban J connectivity index is 1.46. The molecule has 1 aliphatic rings. The number of aromatic nitrogens is 8. The largest absolute Gasteiger partial charge is 0.410 e. The molecule has 0 spiro atoms. The minimum Gasteiger partial charge on any atom is -0.363 e. The van der Waals surface area contributed by atoms with Crippen LogP contribution < -0.4 is 5.32 Å². The van der Waals surface area contributed by atoms with E-state index in [1.165, 1.54) is 22.2 Å². The van der Waals surface area contributed by atoms with Gasteiger partial charge in [0.2, 0.25) is 5.82 Å². The molecule has 9 nitrogen and oxygen atoms in total. The smallest absolute Gasteiger partial charge is 0.363 e. The molecule has 0 fully saturated rings. The fourth-order valence-corrected chi connectivity index (χ4v) is 4.70. The highest BCUT2D eigenvalue weighted by atomic mass is 32.1. The lowest BCUT2D eigenvalue weighted by atomic mass is 10.0. The van der Waals surface area contributed by atoms with Crippen molar-refractivity contribution in [3.05, 3.63) is 41.0 Å². The summed E-state index contributed by atoms with van der Waals surface area (Å²) >= 11 is 1.42. The molecule has 0 radical (unpaired) electrons. The molecule has 0 bridgehead atoms. The third-order valence-electron chi connectivity index (χ3n) is 5.37. The number of hydrogen-bond donors (Lipinski definition) is 1. The van der Waals surface area contributed by atoms with Gasteiger partial charge in [0, 0.05) is 24.4 Å². The van der Waals surface area contributed by atoms with Gasteiger partial charge in [0.1, 0.15) is 17.8 Å². The normalized spacial score (nSPS) is 19.1. The number of alkyl halides is 3. The van der Waals surface area contributed by atoms with Crippen molar-refractivity contribution >= 4 is 33.8 Å². The Hall–Kier alpha value is -3.48. The first kappa shape index (κ1) is 18.3. The van der Waals surface area contributed by atoms with Crippen LogP contribution in [0.4, 0.5) is 19.0 Å². The Labute approximate surface area is 176 Å². The van der Waals surface area contributed by atoms with E-state index in [1.54, 1.807) is 24.0 Å². The Kier molecular flexibility index (Phi) is 3.70. The van der Waals surface area contributed by atoms with Gasteiger partial charge in [-0.3, -0.25) is 4.68 Å². The summed E-state index contributed by atoms with van der Waals surface area (Å²) in [6, 6.07) is 3.03. The maximum atomic E-state index is 13.9. The van der Waals surface area contributed by atoms with Crippen LogP contribution >= 0.6 is 11.3 Å². The van der Waals surface area contributed by atoms with Crippen LogP contribution in [0.1, 0.15) is 23.4 Å². The van der Waals surface area contributed by atoms with Crippen molar-refractivity contribution in [2.75, 3.05) is 5.32 Å². The Bertz CT molecular complexity index is 1410. The molecule has 5 aromatic rings. The molecule has 2 atom stereocenters. The van der Waals surface area contributed by atoms with E-state index in [4.69, 9.17) is 0 Å². The number of fused-ring (bicyclic) bond motifs is 4. The Morgan fingerprint density at radius 2 is 2.10 bits per heavy atom. The quantitative estimate of drug-likeness (QED) is 0.447. The van der Waals surface area contributed by atoms with E-state index < -0.39 is 18.3 Å². The van der Waals surface area contributed by atoms with Crippen LogP contribution in [0.2, 0.25) is 0 Å². The van der Waals surface area contributed by atoms with Gasteiger partial charge in [0.05, 0.1) is 17.6 Å². The maximum absolute atomic E-state index is 13.9. The molecule has 0 unspecified atom stereocenters. The number of nitrogens with zero attached hydrogens (tertiary/aromatic N) is 8. The molecule has 1 aliphatic heterocycles. The second-order valence-corrected chi connectivity index (χ2v) is 8.30. The molecular weight excluding hydrogens is 431 g/mol. The van der Waals surface area contributed by atoms with E-state index in [1.807, 2.05) is 17.5 Å². The number of halogens is 3. The van der Waals surface area contributed by atoms with Crippen molar-refractivity contribution in [1.29, 1.82) is 0 Å². The molecular formula is C18H14F3N9S. The third kappa shape index (κ3) is 2.80. The molecule has 0 amide bonds. The summed E-state index contributed by atoms with van der Waals surface area (Å²) in [5.41, 5.74) is 1.40. The van der Waals surface area contributed by atoms with Crippen LogP contribution in [0.3, 0.4) is 0 Å². The average Bonchev–Trinajstić information content (AvgIpc) is 3.50. The summed E-state index contributed by atoms with van der Waals surface area (Å²) in [6.45, 7) is 0. The summed E-state index contributed by atoms with van der Waals surface area (Å²) in [5, 5.41) is 18.5. The molecule has 5 aromatic heterocycles. The van der Waals surface area contributed by atoms with Crippen LogP contribution in [0, 0.1) is 0 Å². The number of thiophene rings is 1. The van der Waals surface area contributed by atoms with Crippen LogP contribution in [0.5, 0.6) is 0 Å². The Morgan fingerprint density at radius 1 is 1.23 bits per heavy atom. The van der Waals surface area contributed by atoms with Gasteiger partial charge in [-0.2, -0.15) is 23.4 Å². The maximum Gasteiger partial charge on any atom is 0.410 e. The highest BCUT2D eigenvalue weighted by Gasteiger charge is 2.47. The predicted molar refractivity (Wildman–Crippen MR) is 107 cm³/mol. The van der Waals surface area contributed by atoms with Crippen LogP contribution in [-0.2, 0) is 7.05 Å². The third-order valence-corrected chi connectivity index (χ3v) is 6.36. The van der Waals surface area contributed by atoms with Crippen molar-refractivity contribution in [2.24, 2.45) is 7.05 Å². The van der Waals surface area contributed by atoms with Crippen molar-refractivity contribution in [3.63, 3.8) is 0 Å². The van der Waals surface area contributed by atoms with Gasteiger partial charge in [-0.1, -0.05) is 6.07 Å². The monoisotopic (exact) mass is 445 g/mol. The van der Waals surface area contributed by atoms with Gasteiger partial charge in [-0.15, -0.1) is 16.4 Å². The second-order valence-electron chi connectivity index (χ2n) is 7.32. The minimum absolute atomic E-state index is 0.142. The first-order chi connectivity index (χ1) is 14.9. The van der Waals surface area contributed by atoms with Gasteiger partial charge in [0.15, 0.2) is 17.3 Å². The number of nitrogens with one attached hydrogen (secondary N) is 1. The number of aryl methyl sites for hydroxylation is 1. The van der Waals surface area contributed by atoms with Crippen molar-refractivity contribution in [2.45, 2.75) is 24.7 Å². The highest BCUT2D eigenvalue weighted by molar-refractivity contribution is 7.10. The number of rotatable bonds is 2. The highest BCUT2D eigenvalue weighted by Crippen LogP contribution is 2.45. The van der Waals surface area contributed by atoms with E-state index in [0.717, 1.165) is 9.56 Å². The SMILES string of the molecule is Cn1ncc2c1ncn1nc(-c3cc4n(n3)[C@H](C(F)(F)F)C[C@@H](c3cccs3)N4)nc21. The van der Waals surface area contributed by atoms with Gasteiger partial charge >= 0.3 is 6.18 Å². The molecule has 31 heavy (non-hydrogen) atoms. The molecule has 6 heterocycles. The van der Waals surface area contributed by atoms with E-state index in [-0.39, 0.29) is 23.8 Å². The van der Waals surface area contributed by atoms with Crippen LogP contribution in [0.25, 0.3) is 28.2 Å². The summed E-state index contributed by atoms with van der Waals surface area (Å²) in [6.07, 6.45) is -1.46. The molecule has 0 aliphatic carbocycles. The lowest BCUT2D eigenvalue weighted by Crippen LogP contribution is -2.35. The molecule has 0 aromatic carbocycles. The van der Waals surface area contributed by atoms with E-state index >= 15 is 0 Å². The van der Waals surface area contributed by atoms with E-state index in [9.17, 15) is 13.2 Å². The topological polar surface area (TPSA) is 90.8 Å². The standard InChI is InChI=1S/C18H14F3N9S/c1-28-16-9(7-23-28)17-25-15(27-29(17)8-22-16)11-6-14-24-10(12-3-2-4-31-12)5-13(18(19,20)21)30(14)26-11/h2-4,6-8,10,13,24H,5H2,1H3/t10-,13-/m0/s1. The molecule has 6 rings (SSSR count). The average molecular weight is 445 g/mol. The van der Waals surface area contributed by atoms with Crippen molar-refractivity contribution in [3.8, 4) is 11.5 Å².